The number of hydrogen-bond donors (Lipinski definition) is 1. The first-order valence-corrected chi connectivity index (χ1v) is 11.4. The second-order valence-electron chi connectivity index (χ2n) is 8.43. The Labute approximate surface area is 204 Å². The van der Waals surface area contributed by atoms with Gasteiger partial charge < -0.3 is 24.1 Å². The number of ether oxygens (including phenoxy) is 2. The van der Waals surface area contributed by atoms with E-state index in [1.54, 1.807) is 18.1 Å². The number of benzene rings is 2. The number of carbonyl (C=O) groups excluding carboxylic acids is 2. The highest BCUT2D eigenvalue weighted by atomic mass is 16.5. The van der Waals surface area contributed by atoms with E-state index in [1.165, 1.54) is 6.39 Å². The van der Waals surface area contributed by atoms with Crippen molar-refractivity contribution in [2.45, 2.75) is 46.2 Å². The summed E-state index contributed by atoms with van der Waals surface area (Å²) in [6, 6.07) is 10.8. The Hall–Kier alpha value is -3.88. The van der Waals surface area contributed by atoms with Gasteiger partial charge in [-0.1, -0.05) is 25.6 Å². The Morgan fingerprint density at radius 1 is 1.26 bits per heavy atom. The number of aromatic nitrogens is 2. The molecule has 1 aliphatic carbocycles. The van der Waals surface area contributed by atoms with E-state index in [-0.39, 0.29) is 25.2 Å². The molecular formula is C26H30N4O5. The first-order chi connectivity index (χ1) is 16.6. The largest absolute Gasteiger partial charge is 0.493 e. The van der Waals surface area contributed by atoms with Crippen molar-refractivity contribution in [3.8, 4) is 11.5 Å². The van der Waals surface area contributed by atoms with E-state index >= 15 is 0 Å². The van der Waals surface area contributed by atoms with Crippen molar-refractivity contribution < 1.29 is 23.5 Å². The lowest BCUT2D eigenvalue weighted by atomic mass is 10.0. The van der Waals surface area contributed by atoms with Gasteiger partial charge >= 0.3 is 0 Å². The van der Waals surface area contributed by atoms with Gasteiger partial charge in [-0.2, -0.15) is 0 Å². The van der Waals surface area contributed by atoms with Gasteiger partial charge in [0, 0.05) is 12.5 Å². The molecule has 35 heavy (non-hydrogen) atoms. The maximum Gasteiger partial charge on any atom is 0.257 e. The number of carbonyl (C=O) groups is 2. The lowest BCUT2D eigenvalue weighted by Gasteiger charge is -2.28. The smallest absolute Gasteiger partial charge is 0.257 e. The number of amides is 2. The Balaban J connectivity index is 0.00000289. The van der Waals surface area contributed by atoms with Gasteiger partial charge in [-0.05, 0) is 49.1 Å². The lowest BCUT2D eigenvalue weighted by Crippen LogP contribution is -2.31. The maximum absolute atomic E-state index is 13.7. The van der Waals surface area contributed by atoms with Crippen LogP contribution in [0.1, 0.15) is 60.6 Å². The Morgan fingerprint density at radius 2 is 2.09 bits per heavy atom. The molecule has 2 amide bonds. The summed E-state index contributed by atoms with van der Waals surface area (Å²) in [6.45, 7) is 2.78. The maximum atomic E-state index is 13.7. The quantitative estimate of drug-likeness (QED) is 0.486. The van der Waals surface area contributed by atoms with Gasteiger partial charge in [0.25, 0.3) is 5.91 Å². The third-order valence-corrected chi connectivity index (χ3v) is 6.19. The number of rotatable bonds is 9. The van der Waals surface area contributed by atoms with Crippen LogP contribution < -0.4 is 14.8 Å². The molecule has 1 unspecified atom stereocenters. The molecule has 5 rings (SSSR count). The van der Waals surface area contributed by atoms with Gasteiger partial charge in [-0.25, -0.2) is 0 Å². The van der Waals surface area contributed by atoms with Crippen molar-refractivity contribution in [2.75, 3.05) is 19.0 Å². The Morgan fingerprint density at radius 3 is 2.77 bits per heavy atom. The van der Waals surface area contributed by atoms with Crippen LogP contribution in [0.2, 0.25) is 0 Å². The van der Waals surface area contributed by atoms with E-state index in [4.69, 9.17) is 13.9 Å². The fourth-order valence-electron chi connectivity index (χ4n) is 4.35. The highest BCUT2D eigenvalue weighted by Crippen LogP contribution is 2.39. The second kappa shape index (κ2) is 10.2. The summed E-state index contributed by atoms with van der Waals surface area (Å²) in [4.78, 5) is 27.9. The summed E-state index contributed by atoms with van der Waals surface area (Å²) < 4.78 is 16.6. The van der Waals surface area contributed by atoms with E-state index in [0.717, 1.165) is 24.0 Å². The molecular weight excluding hydrogens is 448 g/mol. The van der Waals surface area contributed by atoms with Crippen molar-refractivity contribution >= 4 is 17.5 Å². The summed E-state index contributed by atoms with van der Waals surface area (Å²) in [6.07, 6.45) is 3.40. The highest BCUT2D eigenvalue weighted by molar-refractivity contribution is 6.07. The van der Waals surface area contributed by atoms with Crippen molar-refractivity contribution in [2.24, 2.45) is 5.92 Å². The van der Waals surface area contributed by atoms with Crippen molar-refractivity contribution in [1.29, 1.82) is 0 Å². The first-order valence-electron chi connectivity index (χ1n) is 11.4. The van der Waals surface area contributed by atoms with E-state index in [9.17, 15) is 9.59 Å². The van der Waals surface area contributed by atoms with Crippen molar-refractivity contribution in [3.63, 3.8) is 0 Å². The third kappa shape index (κ3) is 4.84. The predicted molar refractivity (Wildman–Crippen MR) is 129 cm³/mol. The minimum atomic E-state index is -0.391. The molecule has 1 saturated carbocycles. The van der Waals surface area contributed by atoms with E-state index < -0.39 is 6.04 Å². The van der Waals surface area contributed by atoms with Crippen LogP contribution in [0, 0.1) is 5.92 Å². The zero-order valence-corrected chi connectivity index (χ0v) is 19.1. The molecule has 1 fully saturated rings. The number of nitrogens with one attached hydrogen (secondary N) is 1. The first kappa shape index (κ1) is 24.3. The van der Waals surface area contributed by atoms with E-state index in [1.807, 2.05) is 37.3 Å². The van der Waals surface area contributed by atoms with Gasteiger partial charge in [0.05, 0.1) is 37.4 Å². The monoisotopic (exact) mass is 478 g/mol. The molecule has 1 N–H and O–H groups in total. The summed E-state index contributed by atoms with van der Waals surface area (Å²) in [5.41, 5.74) is 2.81. The number of methoxy groups -OCH3 is 1. The van der Waals surface area contributed by atoms with Gasteiger partial charge in [0.1, 0.15) is 0 Å². The van der Waals surface area contributed by atoms with Gasteiger partial charge in [0.2, 0.25) is 18.2 Å². The molecule has 1 aromatic heterocycles. The molecule has 0 saturated heterocycles. The molecule has 2 heterocycles. The molecule has 184 valence electrons. The van der Waals surface area contributed by atoms with E-state index in [0.29, 0.717) is 48.2 Å². The van der Waals surface area contributed by atoms with E-state index in [2.05, 4.69) is 15.5 Å². The van der Waals surface area contributed by atoms with Gasteiger partial charge in [-0.3, -0.25) is 9.59 Å². The third-order valence-electron chi connectivity index (χ3n) is 6.19. The SMILES string of the molecule is C.CCOc1cc(C(Cc2nnco2)N2Cc3cccc(NC(=O)C4CC4)c3C2=O)ccc1OC. The van der Waals surface area contributed by atoms with Gasteiger partial charge in [-0.15, -0.1) is 10.2 Å². The topological polar surface area (TPSA) is 107 Å². The Bertz CT molecular complexity index is 1210. The minimum absolute atomic E-state index is 0. The van der Waals surface area contributed by atoms with Crippen LogP contribution >= 0.6 is 0 Å². The zero-order valence-electron chi connectivity index (χ0n) is 19.1. The van der Waals surface area contributed by atoms with Gasteiger partial charge in [0.15, 0.2) is 11.5 Å². The second-order valence-corrected chi connectivity index (χ2v) is 8.43. The summed E-state index contributed by atoms with van der Waals surface area (Å²) in [7, 11) is 1.59. The van der Waals surface area contributed by atoms with Crippen LogP contribution in [0.25, 0.3) is 0 Å². The molecule has 1 atom stereocenters. The summed E-state index contributed by atoms with van der Waals surface area (Å²) >= 11 is 0. The highest BCUT2D eigenvalue weighted by Gasteiger charge is 2.38. The number of anilines is 1. The van der Waals surface area contributed by atoms with Crippen LogP contribution in [0.3, 0.4) is 0 Å². The van der Waals surface area contributed by atoms with Crippen LogP contribution in [-0.4, -0.2) is 40.6 Å². The molecule has 2 aliphatic rings. The fourth-order valence-corrected chi connectivity index (χ4v) is 4.35. The summed E-state index contributed by atoms with van der Waals surface area (Å²) in [5.74, 6) is 1.50. The molecule has 0 radical (unpaired) electrons. The standard InChI is InChI=1S/C25H26N4O5.CH4/c1-3-33-21-11-16(9-10-20(21)32-2)19(12-22-28-26-14-34-22)29-13-17-5-4-6-18(23(17)25(29)31)27-24(30)15-7-8-15;/h4-6,9-11,14-15,19H,3,7-8,12-13H2,1-2H3,(H,27,30);1H4. The molecule has 0 spiro atoms. The number of hydrogen-bond acceptors (Lipinski definition) is 7. The van der Waals surface area contributed by atoms with Crippen LogP contribution in [-0.2, 0) is 17.8 Å². The molecule has 2 aromatic carbocycles. The zero-order chi connectivity index (χ0) is 23.7. The van der Waals surface area contributed by atoms with Crippen molar-refractivity contribution in [1.82, 2.24) is 15.1 Å². The predicted octanol–water partition coefficient (Wildman–Crippen LogP) is 4.40. The molecule has 3 aromatic rings. The Kier molecular flexibility index (Phi) is 7.04. The summed E-state index contributed by atoms with van der Waals surface area (Å²) in [5, 5.41) is 10.8. The van der Waals surface area contributed by atoms with Crippen LogP contribution in [0.4, 0.5) is 5.69 Å². The van der Waals surface area contributed by atoms with Crippen LogP contribution in [0.5, 0.6) is 11.5 Å². The lowest BCUT2D eigenvalue weighted by molar-refractivity contribution is -0.117. The average molecular weight is 479 g/mol. The average Bonchev–Trinajstić information content (AvgIpc) is 3.47. The molecule has 9 nitrogen and oxygen atoms in total. The number of fused-ring (bicyclic) bond motifs is 1. The molecule has 0 bridgehead atoms. The normalized spacial score (nSPS) is 15.3. The number of nitrogens with zero attached hydrogens (tertiary/aromatic N) is 3. The fraction of sp³-hybridized carbons (Fsp3) is 0.385. The molecule has 9 heteroatoms. The molecule has 1 aliphatic heterocycles. The van der Waals surface area contributed by atoms with Crippen LogP contribution in [0.15, 0.2) is 47.2 Å². The minimum Gasteiger partial charge on any atom is -0.493 e. The van der Waals surface area contributed by atoms with Crippen molar-refractivity contribution in [3.05, 3.63) is 65.4 Å².